The average Bonchev–Trinajstić information content (AvgIpc) is 4.13. The third kappa shape index (κ3) is 12.0. The Bertz CT molecular complexity index is 3120. The standard InChI is InChI=1S/C57H65FN6O13/c1-5-57(75)42-25-46-52-40(29-64(46)55(73)41(42)30-77-56(57)74)51-45(17-16-39-33(3)43(58)26-44(61-52)50(39)51)62(4)49(70)31-76-21-19-37(66)27-60-53(71)35(23-34-12-8-6-9-13-34)24-38(67)28-59-47(68)18-15-36(65)14-10-7-11-20-63-48(69)22-32(2)54(63)72/h6,8-9,12-13,25-26,32,35,45,75H,5,7,10-11,14-24,27-31H2,1-4H3,(H,59,68)(H,60,71)/t32?,35-,45+,57+/m1/s1. The highest BCUT2D eigenvalue weighted by Gasteiger charge is 2.46. The predicted molar refractivity (Wildman–Crippen MR) is 276 cm³/mol. The number of ether oxygens (including phenoxy) is 2. The minimum Gasteiger partial charge on any atom is -0.458 e. The Balaban J connectivity index is 0.813. The fraction of sp³-hybridized carbons (Fsp3) is 0.491. The highest BCUT2D eigenvalue weighted by Crippen LogP contribution is 2.47. The maximum Gasteiger partial charge on any atom is 0.343 e. The van der Waals surface area contributed by atoms with Gasteiger partial charge in [-0.05, 0) is 73.8 Å². The van der Waals surface area contributed by atoms with Crippen molar-refractivity contribution in [2.24, 2.45) is 11.8 Å². The molecule has 19 nitrogen and oxygen atoms in total. The van der Waals surface area contributed by atoms with E-state index < -0.39 is 65.0 Å². The first-order valence-corrected chi connectivity index (χ1v) is 26.4. The van der Waals surface area contributed by atoms with Crippen LogP contribution in [0.25, 0.3) is 22.3 Å². The van der Waals surface area contributed by atoms with Crippen LogP contribution in [0.5, 0.6) is 0 Å². The van der Waals surface area contributed by atoms with Crippen LogP contribution in [-0.2, 0) is 84.2 Å². The topological polar surface area (TPSA) is 258 Å². The predicted octanol–water partition coefficient (Wildman–Crippen LogP) is 4.30. The van der Waals surface area contributed by atoms with Crippen molar-refractivity contribution in [2.75, 3.05) is 39.9 Å². The lowest BCUT2D eigenvalue weighted by Crippen LogP contribution is -2.44. The summed E-state index contributed by atoms with van der Waals surface area (Å²) >= 11 is 0. The van der Waals surface area contributed by atoms with E-state index in [0.29, 0.717) is 77.6 Å². The third-order valence-electron chi connectivity index (χ3n) is 15.5. The number of carbonyl (C=O) groups is 9. The van der Waals surface area contributed by atoms with E-state index >= 15 is 4.39 Å². The van der Waals surface area contributed by atoms with Gasteiger partial charge >= 0.3 is 5.97 Å². The molecule has 1 saturated heterocycles. The fourth-order valence-corrected chi connectivity index (χ4v) is 11.0. The third-order valence-corrected chi connectivity index (χ3v) is 15.5. The summed E-state index contributed by atoms with van der Waals surface area (Å²) in [5.74, 6) is -5.18. The molecule has 20 heteroatoms. The fourth-order valence-electron chi connectivity index (χ4n) is 11.0. The van der Waals surface area contributed by atoms with Crippen molar-refractivity contribution < 1.29 is 62.1 Å². The monoisotopic (exact) mass is 1060 g/mol. The SMILES string of the molecule is CC[C@@]1(O)C(=O)OCc2c1cc1n(c2=O)Cc2c-1nc1cc(F)c(C)c3c1c2[C@@H](N(C)C(=O)COCCC(=O)CNC(=O)[C@@H](CC(=O)CNC(=O)CCC(=O)CCCCCN1C(=O)CC(C)C1=O)Cc1ccccc1)CC3. The maximum atomic E-state index is 15.5. The van der Waals surface area contributed by atoms with Crippen LogP contribution in [0, 0.1) is 24.6 Å². The van der Waals surface area contributed by atoms with Crippen LogP contribution >= 0.6 is 0 Å². The number of hydrogen-bond donors (Lipinski definition) is 3. The smallest absolute Gasteiger partial charge is 0.343 e. The number of fused-ring (bicyclic) bond motifs is 5. The molecule has 0 saturated carbocycles. The number of likely N-dealkylation sites (tertiary alicyclic amines) is 1. The highest BCUT2D eigenvalue weighted by molar-refractivity contribution is 6.03. The van der Waals surface area contributed by atoms with Gasteiger partial charge in [0.2, 0.25) is 29.5 Å². The zero-order valence-corrected chi connectivity index (χ0v) is 43.9. The molecule has 4 aromatic rings. The second kappa shape index (κ2) is 23.9. The second-order valence-electron chi connectivity index (χ2n) is 20.7. The van der Waals surface area contributed by atoms with Gasteiger partial charge < -0.3 is 34.7 Å². The molecule has 4 atom stereocenters. The molecular formula is C57H65FN6O13. The van der Waals surface area contributed by atoms with Gasteiger partial charge in [-0.15, -0.1) is 0 Å². The molecule has 1 aliphatic carbocycles. The van der Waals surface area contributed by atoms with Gasteiger partial charge in [0.1, 0.15) is 24.8 Å². The number of carbonyl (C=O) groups excluding carboxylic acids is 9. The number of ketones is 3. The first kappa shape index (κ1) is 55.9. The van der Waals surface area contributed by atoms with Gasteiger partial charge in [0, 0.05) is 86.5 Å². The number of imide groups is 1. The van der Waals surface area contributed by atoms with E-state index in [-0.39, 0.29) is 125 Å². The van der Waals surface area contributed by atoms with Crippen molar-refractivity contribution >= 4 is 63.8 Å². The number of nitrogens with one attached hydrogen (secondary N) is 2. The molecule has 1 fully saturated rings. The number of esters is 1. The summed E-state index contributed by atoms with van der Waals surface area (Å²) in [4.78, 5) is 137. The molecule has 8 rings (SSSR count). The molecule has 0 spiro atoms. The summed E-state index contributed by atoms with van der Waals surface area (Å²) in [6.45, 7) is 3.87. The van der Waals surface area contributed by atoms with Crippen molar-refractivity contribution in [1.82, 2.24) is 30.0 Å². The van der Waals surface area contributed by atoms with E-state index in [9.17, 15) is 53.1 Å². The number of rotatable bonds is 25. The van der Waals surface area contributed by atoms with Crippen molar-refractivity contribution in [2.45, 2.75) is 129 Å². The molecule has 0 radical (unpaired) electrons. The van der Waals surface area contributed by atoms with Crippen LogP contribution in [-0.4, -0.2) is 117 Å². The molecule has 1 unspecified atom stereocenters. The molecule has 408 valence electrons. The zero-order valence-electron chi connectivity index (χ0n) is 43.9. The summed E-state index contributed by atoms with van der Waals surface area (Å²) in [6.07, 6.45) is 2.75. The molecule has 5 amide bonds. The first-order valence-electron chi connectivity index (χ1n) is 26.4. The molecule has 2 aromatic carbocycles. The second-order valence-corrected chi connectivity index (χ2v) is 20.7. The molecule has 5 heterocycles. The van der Waals surface area contributed by atoms with Gasteiger partial charge in [-0.1, -0.05) is 50.6 Å². The number of benzene rings is 2. The Morgan fingerprint density at radius 3 is 2.42 bits per heavy atom. The Hall–Kier alpha value is -7.32. The van der Waals surface area contributed by atoms with Crippen molar-refractivity contribution in [1.29, 1.82) is 0 Å². The van der Waals surface area contributed by atoms with Gasteiger partial charge in [0.25, 0.3) is 5.56 Å². The Labute approximate surface area is 444 Å². The van der Waals surface area contributed by atoms with Crippen molar-refractivity contribution in [3.05, 3.63) is 97.6 Å². The van der Waals surface area contributed by atoms with Crippen LogP contribution in [0.3, 0.4) is 0 Å². The minimum atomic E-state index is -2.04. The number of hydrogen-bond acceptors (Lipinski definition) is 14. The Morgan fingerprint density at radius 2 is 1.69 bits per heavy atom. The number of likely N-dealkylation sites (N-methyl/N-ethyl adjacent to an activating group) is 1. The van der Waals surface area contributed by atoms with E-state index in [2.05, 4.69) is 10.6 Å². The van der Waals surface area contributed by atoms with Gasteiger partial charge in [0.15, 0.2) is 17.2 Å². The van der Waals surface area contributed by atoms with E-state index in [1.165, 1.54) is 20.4 Å². The Morgan fingerprint density at radius 1 is 0.935 bits per heavy atom. The quantitative estimate of drug-likeness (QED) is 0.0419. The van der Waals surface area contributed by atoms with Crippen LogP contribution in [0.2, 0.25) is 0 Å². The number of aryl methyl sites for hydroxylation is 1. The summed E-state index contributed by atoms with van der Waals surface area (Å²) in [5, 5.41) is 17.3. The number of cyclic esters (lactones) is 1. The molecule has 77 heavy (non-hydrogen) atoms. The van der Waals surface area contributed by atoms with E-state index in [1.54, 1.807) is 46.0 Å². The van der Waals surface area contributed by atoms with Gasteiger partial charge in [-0.3, -0.25) is 48.1 Å². The number of unbranched alkanes of at least 4 members (excludes halogenated alkanes) is 2. The van der Waals surface area contributed by atoms with Crippen LogP contribution in [0.4, 0.5) is 4.39 Å². The molecule has 3 aliphatic heterocycles. The van der Waals surface area contributed by atoms with E-state index in [0.717, 1.165) is 11.1 Å². The number of pyridine rings is 2. The number of Topliss-reactive ketones (excluding diaryl/α,β-unsaturated/α-hetero) is 3. The van der Waals surface area contributed by atoms with Crippen molar-refractivity contribution in [3.63, 3.8) is 0 Å². The lowest BCUT2D eigenvalue weighted by atomic mass is 9.81. The maximum absolute atomic E-state index is 15.5. The molecule has 0 bridgehead atoms. The van der Waals surface area contributed by atoms with Gasteiger partial charge in [-0.2, -0.15) is 0 Å². The normalized spacial score (nSPS) is 18.6. The lowest BCUT2D eigenvalue weighted by molar-refractivity contribution is -0.172. The first-order chi connectivity index (χ1) is 36.8. The van der Waals surface area contributed by atoms with Crippen LogP contribution < -0.4 is 16.2 Å². The van der Waals surface area contributed by atoms with E-state index in [4.69, 9.17) is 14.5 Å². The largest absolute Gasteiger partial charge is 0.458 e. The lowest BCUT2D eigenvalue weighted by Gasteiger charge is -2.35. The zero-order chi connectivity index (χ0) is 55.3. The molecule has 4 aliphatic rings. The number of amides is 5. The molecule has 2 aromatic heterocycles. The van der Waals surface area contributed by atoms with Crippen molar-refractivity contribution in [3.8, 4) is 11.4 Å². The summed E-state index contributed by atoms with van der Waals surface area (Å²) in [7, 11) is 1.63. The Kier molecular flexibility index (Phi) is 17.4. The number of halogens is 1. The number of aliphatic hydroxyl groups is 1. The average molecular weight is 1060 g/mol. The van der Waals surface area contributed by atoms with Crippen LogP contribution in [0.1, 0.15) is 129 Å². The van der Waals surface area contributed by atoms with Gasteiger partial charge in [-0.25, -0.2) is 14.2 Å². The number of aromatic nitrogens is 2. The van der Waals surface area contributed by atoms with Gasteiger partial charge in [0.05, 0.1) is 54.8 Å². The van der Waals surface area contributed by atoms with Crippen LogP contribution in [0.15, 0.2) is 47.3 Å². The number of nitrogens with zero attached hydrogens (tertiary/aromatic N) is 4. The minimum absolute atomic E-state index is 0.0117. The molecule has 3 N–H and O–H groups in total. The van der Waals surface area contributed by atoms with E-state index in [1.807, 2.05) is 18.2 Å². The molecular weight excluding hydrogens is 996 g/mol. The summed E-state index contributed by atoms with van der Waals surface area (Å²) in [5.41, 5.74) is 2.21. The highest BCUT2D eigenvalue weighted by atomic mass is 19.1. The summed E-state index contributed by atoms with van der Waals surface area (Å²) in [6, 6.07) is 11.4. The summed E-state index contributed by atoms with van der Waals surface area (Å²) < 4.78 is 27.9.